The smallest absolute Gasteiger partial charge is 0.307 e. The normalized spacial score (nSPS) is 22.5. The Hall–Kier alpha value is -2.51. The second-order valence-electron chi connectivity index (χ2n) is 4.31. The number of nitrogens with one attached hydrogen (secondary N) is 1. The maximum absolute atomic E-state index is 11.2. The first-order valence-corrected chi connectivity index (χ1v) is 5.83. The van der Waals surface area contributed by atoms with Crippen molar-refractivity contribution in [2.24, 2.45) is 5.92 Å². The third kappa shape index (κ3) is 2.12. The first kappa shape index (κ1) is 11.6. The molecule has 19 heavy (non-hydrogen) atoms. The molecule has 0 saturated heterocycles. The van der Waals surface area contributed by atoms with Crippen LogP contribution in [0.2, 0.25) is 0 Å². The van der Waals surface area contributed by atoms with Crippen LogP contribution in [-0.2, 0) is 4.79 Å². The van der Waals surface area contributed by atoms with Crippen molar-refractivity contribution >= 4 is 5.97 Å². The maximum Gasteiger partial charge on any atom is 0.307 e. The summed E-state index contributed by atoms with van der Waals surface area (Å²) in [4.78, 5) is 15.4. The summed E-state index contributed by atoms with van der Waals surface area (Å²) < 4.78 is 5.17. The summed E-state index contributed by atoms with van der Waals surface area (Å²) in [5.74, 6) is -1.04. The Kier molecular flexibility index (Phi) is 2.82. The predicted octanol–water partition coefficient (Wildman–Crippen LogP) is 0.989. The Balaban J connectivity index is 1.89. The van der Waals surface area contributed by atoms with Crippen LogP contribution in [-0.4, -0.2) is 36.6 Å². The maximum atomic E-state index is 11.2. The van der Waals surface area contributed by atoms with Crippen LogP contribution in [0.1, 0.15) is 24.7 Å². The van der Waals surface area contributed by atoms with E-state index in [2.05, 4.69) is 25.6 Å². The molecule has 0 radical (unpaired) electrons. The van der Waals surface area contributed by atoms with Gasteiger partial charge in [-0.2, -0.15) is 20.4 Å². The van der Waals surface area contributed by atoms with Crippen LogP contribution < -0.4 is 0 Å². The van der Waals surface area contributed by atoms with Gasteiger partial charge < -0.3 is 9.63 Å². The van der Waals surface area contributed by atoms with E-state index in [0.717, 1.165) is 0 Å². The van der Waals surface area contributed by atoms with Crippen molar-refractivity contribution in [2.75, 3.05) is 0 Å². The van der Waals surface area contributed by atoms with E-state index in [9.17, 15) is 9.90 Å². The number of hydrogen-bond donors (Lipinski definition) is 2. The van der Waals surface area contributed by atoms with Gasteiger partial charge in [0, 0.05) is 0 Å². The molecule has 98 valence electrons. The number of aliphatic carboxylic acids is 1. The SMILES string of the molecule is O=C(O)[C@H]1CC=CC[C@H]1c1nc(-c2cn[nH]n2)no1. The van der Waals surface area contributed by atoms with Gasteiger partial charge in [-0.3, -0.25) is 4.79 Å². The Morgan fingerprint density at radius 2 is 2.26 bits per heavy atom. The van der Waals surface area contributed by atoms with E-state index in [-0.39, 0.29) is 5.92 Å². The van der Waals surface area contributed by atoms with Crippen LogP contribution in [0.4, 0.5) is 0 Å². The Morgan fingerprint density at radius 3 is 3.00 bits per heavy atom. The highest BCUT2D eigenvalue weighted by Crippen LogP contribution is 2.34. The van der Waals surface area contributed by atoms with E-state index >= 15 is 0 Å². The van der Waals surface area contributed by atoms with Crippen LogP contribution in [0, 0.1) is 5.92 Å². The van der Waals surface area contributed by atoms with Gasteiger partial charge in [0.05, 0.1) is 18.0 Å². The zero-order valence-electron chi connectivity index (χ0n) is 9.85. The molecule has 0 unspecified atom stereocenters. The number of nitrogens with zero attached hydrogens (tertiary/aromatic N) is 4. The standard InChI is InChI=1S/C11H11N5O3/c17-11(18)7-4-2-1-3-6(7)10-13-9(15-19-10)8-5-12-16-14-8/h1-2,5-7H,3-4H2,(H,17,18)(H,12,14,16)/t6-,7+/m1/s1. The lowest BCUT2D eigenvalue weighted by Crippen LogP contribution is -2.23. The third-order valence-corrected chi connectivity index (χ3v) is 3.15. The minimum Gasteiger partial charge on any atom is -0.481 e. The predicted molar refractivity (Wildman–Crippen MR) is 61.9 cm³/mol. The number of rotatable bonds is 3. The van der Waals surface area contributed by atoms with E-state index in [0.29, 0.717) is 30.3 Å². The summed E-state index contributed by atoms with van der Waals surface area (Å²) in [6, 6.07) is 0. The van der Waals surface area contributed by atoms with E-state index in [1.54, 1.807) is 0 Å². The summed E-state index contributed by atoms with van der Waals surface area (Å²) in [6.07, 6.45) is 6.33. The lowest BCUT2D eigenvalue weighted by molar-refractivity contribution is -0.142. The van der Waals surface area contributed by atoms with Crippen molar-refractivity contribution in [3.8, 4) is 11.5 Å². The molecule has 0 fully saturated rings. The van der Waals surface area contributed by atoms with Gasteiger partial charge in [-0.25, -0.2) is 0 Å². The van der Waals surface area contributed by atoms with Crippen molar-refractivity contribution in [1.29, 1.82) is 0 Å². The van der Waals surface area contributed by atoms with Gasteiger partial charge >= 0.3 is 5.97 Å². The molecule has 2 atom stereocenters. The molecule has 1 aliphatic rings. The van der Waals surface area contributed by atoms with Gasteiger partial charge in [-0.1, -0.05) is 17.3 Å². The minimum absolute atomic E-state index is 0.296. The molecule has 1 aliphatic carbocycles. The molecule has 2 aromatic heterocycles. The van der Waals surface area contributed by atoms with E-state index in [4.69, 9.17) is 4.52 Å². The summed E-state index contributed by atoms with van der Waals surface area (Å²) in [5.41, 5.74) is 0.466. The van der Waals surface area contributed by atoms with Crippen molar-refractivity contribution in [2.45, 2.75) is 18.8 Å². The molecule has 0 aliphatic heterocycles. The average molecular weight is 261 g/mol. The fourth-order valence-corrected chi connectivity index (χ4v) is 2.16. The lowest BCUT2D eigenvalue weighted by Gasteiger charge is -2.21. The number of carboxylic acid groups (broad SMARTS) is 1. The molecule has 2 N–H and O–H groups in total. The van der Waals surface area contributed by atoms with Gasteiger partial charge in [0.15, 0.2) is 5.69 Å². The molecule has 8 heteroatoms. The van der Waals surface area contributed by atoms with Crippen LogP contribution in [0.15, 0.2) is 22.9 Å². The summed E-state index contributed by atoms with van der Waals surface area (Å²) in [7, 11) is 0. The molecular weight excluding hydrogens is 250 g/mol. The molecule has 2 aromatic rings. The molecule has 0 amide bonds. The van der Waals surface area contributed by atoms with Crippen LogP contribution in [0.25, 0.3) is 11.5 Å². The molecule has 2 heterocycles. The quantitative estimate of drug-likeness (QED) is 0.791. The molecule has 0 saturated carbocycles. The Labute approximate surface area is 107 Å². The summed E-state index contributed by atoms with van der Waals surface area (Å²) >= 11 is 0. The second kappa shape index (κ2) is 4.63. The average Bonchev–Trinajstić information content (AvgIpc) is 3.09. The Morgan fingerprint density at radius 1 is 1.42 bits per heavy atom. The van der Waals surface area contributed by atoms with Gasteiger partial charge in [-0.05, 0) is 12.8 Å². The fourth-order valence-electron chi connectivity index (χ4n) is 2.16. The zero-order valence-corrected chi connectivity index (χ0v) is 9.85. The summed E-state index contributed by atoms with van der Waals surface area (Å²) in [6.45, 7) is 0. The molecular formula is C11H11N5O3. The highest BCUT2D eigenvalue weighted by atomic mass is 16.5. The highest BCUT2D eigenvalue weighted by molar-refractivity contribution is 5.71. The van der Waals surface area contributed by atoms with E-state index < -0.39 is 11.9 Å². The van der Waals surface area contributed by atoms with Crippen LogP contribution >= 0.6 is 0 Å². The number of aromatic amines is 1. The number of carbonyl (C=O) groups is 1. The number of allylic oxidation sites excluding steroid dienone is 2. The largest absolute Gasteiger partial charge is 0.481 e. The van der Waals surface area contributed by atoms with Crippen molar-refractivity contribution < 1.29 is 14.4 Å². The van der Waals surface area contributed by atoms with Gasteiger partial charge in [0.1, 0.15) is 0 Å². The highest BCUT2D eigenvalue weighted by Gasteiger charge is 2.34. The molecule has 0 aromatic carbocycles. The Bertz CT molecular complexity index is 604. The van der Waals surface area contributed by atoms with Crippen molar-refractivity contribution in [3.05, 3.63) is 24.2 Å². The lowest BCUT2D eigenvalue weighted by atomic mass is 9.83. The molecule has 0 bridgehead atoms. The van der Waals surface area contributed by atoms with Crippen molar-refractivity contribution in [3.63, 3.8) is 0 Å². The summed E-state index contributed by atoms with van der Waals surface area (Å²) in [5, 5.41) is 23.0. The van der Waals surface area contributed by atoms with E-state index in [1.807, 2.05) is 12.2 Å². The van der Waals surface area contributed by atoms with Crippen LogP contribution in [0.5, 0.6) is 0 Å². The minimum atomic E-state index is -0.851. The van der Waals surface area contributed by atoms with Gasteiger partial charge in [0.25, 0.3) is 0 Å². The van der Waals surface area contributed by atoms with E-state index in [1.165, 1.54) is 6.20 Å². The molecule has 3 rings (SSSR count). The molecule has 0 spiro atoms. The molecule has 8 nitrogen and oxygen atoms in total. The van der Waals surface area contributed by atoms with Gasteiger partial charge in [0.2, 0.25) is 11.7 Å². The van der Waals surface area contributed by atoms with Crippen LogP contribution in [0.3, 0.4) is 0 Å². The first-order chi connectivity index (χ1) is 9.25. The third-order valence-electron chi connectivity index (χ3n) is 3.15. The van der Waals surface area contributed by atoms with Gasteiger partial charge in [-0.15, -0.1) is 0 Å². The zero-order chi connectivity index (χ0) is 13.2. The van der Waals surface area contributed by atoms with Crippen molar-refractivity contribution in [1.82, 2.24) is 25.6 Å². The number of carboxylic acids is 1. The number of H-pyrrole nitrogens is 1. The second-order valence-corrected chi connectivity index (χ2v) is 4.31. The monoisotopic (exact) mass is 261 g/mol. The number of aromatic nitrogens is 5. The first-order valence-electron chi connectivity index (χ1n) is 5.83. The fraction of sp³-hybridized carbons (Fsp3) is 0.364. The topological polar surface area (TPSA) is 118 Å². The number of hydrogen-bond acceptors (Lipinski definition) is 6.